The largest absolute Gasteiger partial charge is 0.447 e. The van der Waals surface area contributed by atoms with Crippen LogP contribution in [0.4, 0.5) is 9.59 Å². The van der Waals surface area contributed by atoms with Crippen LogP contribution in [0.1, 0.15) is 34.6 Å². The van der Waals surface area contributed by atoms with Crippen molar-refractivity contribution >= 4 is 66.7 Å². The number of carbonyl (C=O) groups is 4. The van der Waals surface area contributed by atoms with Gasteiger partial charge in [0.1, 0.15) is 5.70 Å². The van der Waals surface area contributed by atoms with Gasteiger partial charge in [0, 0.05) is 25.6 Å². The first kappa shape index (κ1) is 32.8. The molecule has 17 heteroatoms. The lowest BCUT2D eigenvalue weighted by Crippen LogP contribution is -2.65. The summed E-state index contributed by atoms with van der Waals surface area (Å²) in [6.07, 6.45) is -1.89. The number of β-lactam (4-membered cyclic amide) rings is 1. The summed E-state index contributed by atoms with van der Waals surface area (Å²) in [7, 11) is 3.66. The summed E-state index contributed by atoms with van der Waals surface area (Å²) in [5, 5.41) is 4.65. The minimum absolute atomic E-state index is 0.0658. The number of carbonyl (C=O) groups excluding carboxylic acids is 4. The van der Waals surface area contributed by atoms with Crippen molar-refractivity contribution in [2.75, 3.05) is 19.6 Å². The third-order valence-corrected chi connectivity index (χ3v) is 13.6. The minimum Gasteiger partial charge on any atom is -0.447 e. The van der Waals surface area contributed by atoms with Gasteiger partial charge < -0.3 is 22.9 Å². The number of likely N-dealkylation sites (tertiary alicyclic amines) is 1. The van der Waals surface area contributed by atoms with Gasteiger partial charge in [0.2, 0.25) is 11.9 Å². The lowest BCUT2D eigenvalue weighted by Gasteiger charge is -2.49. The van der Waals surface area contributed by atoms with Gasteiger partial charge in [-0.15, -0.1) is 0 Å². The van der Waals surface area contributed by atoms with E-state index in [0.717, 1.165) is 23.7 Å². The Labute approximate surface area is 242 Å². The fourth-order valence-corrected chi connectivity index (χ4v) is 9.04. The highest BCUT2D eigenvalue weighted by Crippen LogP contribution is 2.49. The highest BCUT2D eigenvalue weighted by molar-refractivity contribution is 7.11. The highest BCUT2D eigenvalue weighted by atomic mass is 31.0. The number of aliphatic imine (C=N–C) groups is 1. The number of fused-ring (bicyclic) bond motifs is 1. The second kappa shape index (κ2) is 14.0. The Balaban J connectivity index is 1.73. The van der Waals surface area contributed by atoms with Crippen LogP contribution in [0.5, 0.6) is 0 Å². The molecule has 2 fully saturated rings. The van der Waals surface area contributed by atoms with Crippen LogP contribution in [-0.4, -0.2) is 86.0 Å². The second-order valence-electron chi connectivity index (χ2n) is 10.2. The van der Waals surface area contributed by atoms with Crippen LogP contribution >= 0.6 is 28.4 Å². The molecule has 0 radical (unpaired) electrons. The molecule has 2 saturated heterocycles. The Morgan fingerprint density at radius 1 is 1.02 bits per heavy atom. The molecule has 4 unspecified atom stereocenters. The zero-order valence-corrected chi connectivity index (χ0v) is 27.9. The van der Waals surface area contributed by atoms with E-state index in [1.807, 2.05) is 23.3 Å². The van der Waals surface area contributed by atoms with E-state index < -0.39 is 26.5 Å². The zero-order chi connectivity index (χ0) is 29.8. The van der Waals surface area contributed by atoms with E-state index in [1.165, 1.54) is 0 Å². The number of nitrogens with one attached hydrogen (secondary N) is 2. The van der Waals surface area contributed by atoms with Gasteiger partial charge in [0.15, 0.2) is 8.32 Å². The smallest absolute Gasteiger partial charge is 0.416 e. The predicted molar refractivity (Wildman–Crippen MR) is 160 cm³/mol. The van der Waals surface area contributed by atoms with Gasteiger partial charge in [-0.05, 0) is 30.6 Å². The molecule has 3 aliphatic rings. The normalized spacial score (nSPS) is 23.4. The van der Waals surface area contributed by atoms with Gasteiger partial charge in [-0.1, -0.05) is 27.7 Å². The van der Waals surface area contributed by atoms with Crippen molar-refractivity contribution in [2.24, 2.45) is 16.8 Å². The molecule has 0 bridgehead atoms. The quantitative estimate of drug-likeness (QED) is 0.122. The van der Waals surface area contributed by atoms with Gasteiger partial charge in [0.25, 0.3) is 0 Å². The summed E-state index contributed by atoms with van der Waals surface area (Å²) in [5.74, 6) is -1.16. The van der Waals surface area contributed by atoms with E-state index in [0.29, 0.717) is 25.3 Å². The van der Waals surface area contributed by atoms with E-state index in [2.05, 4.69) is 50.3 Å². The number of guanidine groups is 1. The van der Waals surface area contributed by atoms with Gasteiger partial charge in [0.05, 0.1) is 52.5 Å². The maximum absolute atomic E-state index is 13.4. The molecule has 3 rings (SSSR count). The Hall–Kier alpha value is -1.68. The van der Waals surface area contributed by atoms with E-state index in [1.54, 1.807) is 23.8 Å². The van der Waals surface area contributed by atoms with Crippen LogP contribution in [0.3, 0.4) is 0 Å². The van der Waals surface area contributed by atoms with Crippen LogP contribution in [0.25, 0.3) is 0 Å². The summed E-state index contributed by atoms with van der Waals surface area (Å²) in [4.78, 5) is 57.5. The number of nitrogens with zero attached hydrogens (tertiary/aromatic N) is 3. The van der Waals surface area contributed by atoms with Crippen molar-refractivity contribution in [2.45, 2.75) is 70.9 Å². The fraction of sp³-hybridized carbons (Fsp3) is 0.696. The third kappa shape index (κ3) is 6.68. The van der Waals surface area contributed by atoms with Crippen LogP contribution < -0.4 is 10.6 Å². The van der Waals surface area contributed by atoms with Gasteiger partial charge in [-0.3, -0.25) is 20.3 Å². The number of amides is 3. The Bertz CT molecular complexity index is 1040. The summed E-state index contributed by atoms with van der Waals surface area (Å²) in [6, 6.07) is 2.57. The van der Waals surface area contributed by atoms with Crippen molar-refractivity contribution in [1.82, 2.24) is 20.4 Å². The molecule has 0 aromatic rings. The topological polar surface area (TPSA) is 148 Å². The molecule has 0 aromatic heterocycles. The van der Waals surface area contributed by atoms with Crippen molar-refractivity contribution in [3.63, 3.8) is 0 Å². The molecule has 0 spiro atoms. The highest BCUT2D eigenvalue weighted by Gasteiger charge is 2.61. The Morgan fingerprint density at radius 3 is 2.05 bits per heavy atom. The maximum Gasteiger partial charge on any atom is 0.416 e. The van der Waals surface area contributed by atoms with Crippen molar-refractivity contribution in [1.29, 1.82) is 0 Å². The molecular weight excluding hydrogens is 595 g/mol. The third-order valence-electron chi connectivity index (χ3n) is 8.27. The molecule has 224 valence electrons. The van der Waals surface area contributed by atoms with E-state index >= 15 is 0 Å². The summed E-state index contributed by atoms with van der Waals surface area (Å²) >= 11 is 0. The lowest BCUT2D eigenvalue weighted by atomic mass is 9.77. The standard InChI is InChI=1S/C23H40N5O8P3Si/c1-6-40(7-2,8-3)36-13(5)16-17-12(4)15(18(20(30)33-37)28(17)19(16)29)11-27-9-14(10-27)24-21(25-22(31)34-38)26-23(32)35-39/h12-14,16-17H,6-11,37-39H2,1-5H3,(H2,24,25,26,31,32)/t12-,13+,16?,17+/m0/s1. The van der Waals surface area contributed by atoms with Crippen LogP contribution in [0, 0.1) is 11.8 Å². The second-order valence-corrected chi connectivity index (χ2v) is 15.7. The number of hydrogen-bond donors (Lipinski definition) is 2. The Kier molecular flexibility index (Phi) is 11.5. The van der Waals surface area contributed by atoms with Crippen LogP contribution in [-0.2, 0) is 27.6 Å². The molecular formula is C23H40N5O8P3Si. The molecule has 0 aliphatic carbocycles. The van der Waals surface area contributed by atoms with Crippen molar-refractivity contribution < 1.29 is 37.2 Å². The van der Waals surface area contributed by atoms with Gasteiger partial charge >= 0.3 is 18.2 Å². The van der Waals surface area contributed by atoms with Crippen LogP contribution in [0.2, 0.25) is 18.1 Å². The summed E-state index contributed by atoms with van der Waals surface area (Å²) in [6.45, 7) is 11.9. The molecule has 7 atom stereocenters. The molecule has 13 nitrogen and oxygen atoms in total. The van der Waals surface area contributed by atoms with Crippen molar-refractivity contribution in [3.8, 4) is 0 Å². The SMILES string of the molecule is CC[Si](CC)(CC)O[C@H](C)C1C(=O)N2C(C(=O)OP)=C(CN3CC(N=C(NC(=O)OP)NC(=O)OP)C3)[C@H](C)[C@H]12. The Morgan fingerprint density at radius 2 is 1.57 bits per heavy atom. The minimum atomic E-state index is -1.92. The van der Waals surface area contributed by atoms with E-state index in [4.69, 9.17) is 8.95 Å². The van der Waals surface area contributed by atoms with Gasteiger partial charge in [-0.2, -0.15) is 0 Å². The first-order valence-corrected chi connectivity index (χ1v) is 17.2. The molecule has 3 amide bonds. The predicted octanol–water partition coefficient (Wildman–Crippen LogP) is 2.53. The lowest BCUT2D eigenvalue weighted by molar-refractivity contribution is -0.161. The monoisotopic (exact) mass is 635 g/mol. The average molecular weight is 636 g/mol. The average Bonchev–Trinajstić information content (AvgIpc) is 3.17. The first-order chi connectivity index (χ1) is 19.0. The number of hydrogen-bond acceptors (Lipinski definition) is 10. The molecule has 0 saturated carbocycles. The molecule has 0 aromatic carbocycles. The van der Waals surface area contributed by atoms with E-state index in [-0.39, 0.29) is 41.9 Å². The van der Waals surface area contributed by atoms with Crippen molar-refractivity contribution in [3.05, 3.63) is 11.3 Å². The number of rotatable bonds is 10. The zero-order valence-electron chi connectivity index (χ0n) is 23.5. The van der Waals surface area contributed by atoms with E-state index in [9.17, 15) is 19.2 Å². The summed E-state index contributed by atoms with van der Waals surface area (Å²) < 4.78 is 20.6. The molecule has 40 heavy (non-hydrogen) atoms. The summed E-state index contributed by atoms with van der Waals surface area (Å²) in [5.41, 5.74) is 1.14. The van der Waals surface area contributed by atoms with Gasteiger partial charge in [-0.25, -0.2) is 19.4 Å². The first-order valence-electron chi connectivity index (χ1n) is 13.3. The molecule has 3 heterocycles. The van der Waals surface area contributed by atoms with Crippen LogP contribution in [0.15, 0.2) is 16.3 Å². The molecule has 3 aliphatic heterocycles. The maximum atomic E-state index is 13.4. The fourth-order valence-electron chi connectivity index (χ4n) is 5.88. The molecule has 2 N–H and O–H groups in total.